The lowest BCUT2D eigenvalue weighted by Crippen LogP contribution is -2.00. The molecule has 0 bridgehead atoms. The number of hydrogen-bond acceptors (Lipinski definition) is 6. The van der Waals surface area contributed by atoms with Crippen molar-refractivity contribution in [2.75, 3.05) is 0 Å². The van der Waals surface area contributed by atoms with Crippen LogP contribution in [0.3, 0.4) is 0 Å². The first kappa shape index (κ1) is 31.5. The van der Waals surface area contributed by atoms with Gasteiger partial charge in [0.15, 0.2) is 17.5 Å². The fourth-order valence-electron chi connectivity index (χ4n) is 8.31. The molecule has 8 aromatic carbocycles. The number of nitrogens with zero attached hydrogens (tertiary/aromatic N) is 3. The van der Waals surface area contributed by atoms with Gasteiger partial charge in [0.25, 0.3) is 0 Å². The van der Waals surface area contributed by atoms with E-state index in [1.54, 1.807) is 0 Å². The molecule has 0 fully saturated rings. The van der Waals surface area contributed by atoms with Crippen LogP contribution in [0.5, 0.6) is 0 Å². The van der Waals surface area contributed by atoms with Crippen molar-refractivity contribution >= 4 is 65.8 Å². The second kappa shape index (κ2) is 12.3. The van der Waals surface area contributed by atoms with Gasteiger partial charge in [0.1, 0.15) is 33.5 Å². The maximum Gasteiger partial charge on any atom is 0.167 e. The highest BCUT2D eigenvalue weighted by atomic mass is 16.3. The first-order valence-corrected chi connectivity index (χ1v) is 18.9. The molecular weight excluding hydrogens is 703 g/mol. The van der Waals surface area contributed by atoms with E-state index in [9.17, 15) is 0 Å². The smallest absolute Gasteiger partial charge is 0.167 e. The van der Waals surface area contributed by atoms with E-state index in [-0.39, 0.29) is 0 Å². The molecule has 0 aliphatic rings. The minimum absolute atomic E-state index is 0.545. The number of fused-ring (bicyclic) bond motifs is 9. The molecule has 4 aromatic heterocycles. The molecule has 4 heterocycles. The van der Waals surface area contributed by atoms with Gasteiger partial charge in [-0.15, -0.1) is 0 Å². The van der Waals surface area contributed by atoms with E-state index in [1.165, 1.54) is 0 Å². The lowest BCUT2D eigenvalue weighted by molar-refractivity contribution is 0.668. The molecule has 6 nitrogen and oxygen atoms in total. The van der Waals surface area contributed by atoms with E-state index in [2.05, 4.69) is 72.8 Å². The summed E-state index contributed by atoms with van der Waals surface area (Å²) in [7, 11) is 0. The summed E-state index contributed by atoms with van der Waals surface area (Å²) >= 11 is 0. The lowest BCUT2D eigenvalue weighted by Gasteiger charge is -2.09. The van der Waals surface area contributed by atoms with E-state index < -0.39 is 0 Å². The quantitative estimate of drug-likeness (QED) is 0.175. The van der Waals surface area contributed by atoms with Crippen molar-refractivity contribution in [2.45, 2.75) is 0 Å². The minimum atomic E-state index is 0.545. The second-order valence-electron chi connectivity index (χ2n) is 14.3. The highest BCUT2D eigenvalue weighted by Gasteiger charge is 2.23. The van der Waals surface area contributed by atoms with Gasteiger partial charge in [-0.1, -0.05) is 140 Å². The van der Waals surface area contributed by atoms with Crippen LogP contribution in [0.2, 0.25) is 0 Å². The first-order chi connectivity index (χ1) is 28.2. The first-order valence-electron chi connectivity index (χ1n) is 18.9. The Labute approximate surface area is 325 Å². The van der Waals surface area contributed by atoms with Crippen molar-refractivity contribution in [1.82, 2.24) is 15.0 Å². The Morgan fingerprint density at radius 3 is 1.54 bits per heavy atom. The van der Waals surface area contributed by atoms with Crippen LogP contribution in [0.1, 0.15) is 0 Å². The van der Waals surface area contributed by atoms with Gasteiger partial charge in [0, 0.05) is 54.6 Å². The standard InChI is InChI=1S/C51H29N3O3/c1-3-13-30(14-4-1)49-52-50(31-15-5-2-6-16-31)54-51(53-49)40-22-12-21-38-37-20-11-19-36(46(37)57-47(38)40)35-27-26-33(48-45(35)39-18-8-10-24-43(39)56-48)32-25-28-44-41(29-32)34-17-7-9-23-42(34)55-44/h1-29H. The number of aromatic nitrogens is 3. The summed E-state index contributed by atoms with van der Waals surface area (Å²) in [5.41, 5.74) is 11.6. The van der Waals surface area contributed by atoms with Crippen LogP contribution in [0.4, 0.5) is 0 Å². The maximum absolute atomic E-state index is 7.01. The molecule has 12 rings (SSSR count). The summed E-state index contributed by atoms with van der Waals surface area (Å²) in [4.78, 5) is 15.0. The molecule has 0 atom stereocenters. The topological polar surface area (TPSA) is 78.1 Å². The maximum atomic E-state index is 7.01. The molecule has 57 heavy (non-hydrogen) atoms. The number of benzene rings is 8. The molecule has 266 valence electrons. The van der Waals surface area contributed by atoms with E-state index in [0.717, 1.165) is 105 Å². The number of para-hydroxylation sites is 4. The average molecular weight is 732 g/mol. The molecular formula is C51H29N3O3. The second-order valence-corrected chi connectivity index (χ2v) is 14.3. The van der Waals surface area contributed by atoms with Gasteiger partial charge in [-0.05, 0) is 47.5 Å². The predicted molar refractivity (Wildman–Crippen MR) is 229 cm³/mol. The summed E-state index contributed by atoms with van der Waals surface area (Å²) in [6.45, 7) is 0. The van der Waals surface area contributed by atoms with Crippen LogP contribution in [0, 0.1) is 0 Å². The van der Waals surface area contributed by atoms with Crippen LogP contribution in [-0.2, 0) is 0 Å². The van der Waals surface area contributed by atoms with Gasteiger partial charge in [0.2, 0.25) is 0 Å². The summed E-state index contributed by atoms with van der Waals surface area (Å²) in [5.74, 6) is 1.74. The van der Waals surface area contributed by atoms with Gasteiger partial charge in [0.05, 0.1) is 5.56 Å². The Balaban J connectivity index is 1.07. The zero-order chi connectivity index (χ0) is 37.5. The molecule has 6 heteroatoms. The third-order valence-corrected chi connectivity index (χ3v) is 11.0. The van der Waals surface area contributed by atoms with E-state index in [1.807, 2.05) is 103 Å². The average Bonchev–Trinajstić information content (AvgIpc) is 3.98. The van der Waals surface area contributed by atoms with Crippen molar-refractivity contribution < 1.29 is 13.3 Å². The number of rotatable bonds is 5. The number of hydrogen-bond donors (Lipinski definition) is 0. The molecule has 0 saturated heterocycles. The van der Waals surface area contributed by atoms with Gasteiger partial charge >= 0.3 is 0 Å². The van der Waals surface area contributed by atoms with Gasteiger partial charge < -0.3 is 13.3 Å². The summed E-state index contributed by atoms with van der Waals surface area (Å²) in [6.07, 6.45) is 0. The molecule has 0 N–H and O–H groups in total. The normalized spacial score (nSPS) is 11.9. The summed E-state index contributed by atoms with van der Waals surface area (Å²) < 4.78 is 19.9. The van der Waals surface area contributed by atoms with Crippen LogP contribution in [-0.4, -0.2) is 15.0 Å². The highest BCUT2D eigenvalue weighted by Crippen LogP contribution is 2.46. The molecule has 0 radical (unpaired) electrons. The zero-order valence-electron chi connectivity index (χ0n) is 30.3. The fraction of sp³-hybridized carbons (Fsp3) is 0. The Hall–Kier alpha value is -7.83. The van der Waals surface area contributed by atoms with Crippen LogP contribution < -0.4 is 0 Å². The highest BCUT2D eigenvalue weighted by molar-refractivity contribution is 6.20. The van der Waals surface area contributed by atoms with Crippen molar-refractivity contribution in [3.63, 3.8) is 0 Å². The lowest BCUT2D eigenvalue weighted by atomic mass is 9.93. The van der Waals surface area contributed by atoms with Crippen molar-refractivity contribution in [3.05, 3.63) is 176 Å². The van der Waals surface area contributed by atoms with Gasteiger partial charge in [-0.3, -0.25) is 0 Å². The van der Waals surface area contributed by atoms with Crippen LogP contribution in [0.15, 0.2) is 189 Å². The van der Waals surface area contributed by atoms with Gasteiger partial charge in [-0.25, -0.2) is 15.0 Å². The molecule has 0 aliphatic carbocycles. The third kappa shape index (κ3) is 4.94. The Morgan fingerprint density at radius 1 is 0.281 bits per heavy atom. The van der Waals surface area contributed by atoms with E-state index in [0.29, 0.717) is 17.5 Å². The molecule has 0 amide bonds. The molecule has 12 aromatic rings. The predicted octanol–water partition coefficient (Wildman–Crippen LogP) is 13.9. The molecule has 0 spiro atoms. The van der Waals surface area contributed by atoms with Gasteiger partial charge in [-0.2, -0.15) is 0 Å². The molecule has 0 unspecified atom stereocenters. The number of furan rings is 3. The zero-order valence-corrected chi connectivity index (χ0v) is 30.3. The minimum Gasteiger partial charge on any atom is -0.456 e. The Morgan fingerprint density at radius 2 is 0.825 bits per heavy atom. The van der Waals surface area contributed by atoms with Crippen molar-refractivity contribution in [3.8, 4) is 56.4 Å². The van der Waals surface area contributed by atoms with Crippen molar-refractivity contribution in [2.24, 2.45) is 0 Å². The van der Waals surface area contributed by atoms with E-state index >= 15 is 0 Å². The van der Waals surface area contributed by atoms with Crippen LogP contribution >= 0.6 is 0 Å². The largest absolute Gasteiger partial charge is 0.456 e. The van der Waals surface area contributed by atoms with Crippen molar-refractivity contribution in [1.29, 1.82) is 0 Å². The Kier molecular flexibility index (Phi) is 6.83. The molecule has 0 aliphatic heterocycles. The van der Waals surface area contributed by atoms with E-state index in [4.69, 9.17) is 28.2 Å². The molecule has 0 saturated carbocycles. The fourth-order valence-corrected chi connectivity index (χ4v) is 8.31. The Bertz CT molecular complexity index is 3470. The van der Waals surface area contributed by atoms with Crippen LogP contribution in [0.25, 0.3) is 122 Å². The summed E-state index contributed by atoms with van der Waals surface area (Å²) in [6, 6.07) is 59.7. The monoisotopic (exact) mass is 731 g/mol. The third-order valence-electron chi connectivity index (χ3n) is 11.0. The SMILES string of the molecule is c1ccc(-c2nc(-c3ccccc3)nc(-c3cccc4c3oc3c(-c5ccc(-c6ccc7oc8ccccc8c7c6)c6oc7ccccc7c56)cccc34)n2)cc1. The summed E-state index contributed by atoms with van der Waals surface area (Å²) in [5, 5.41) is 6.23.